The van der Waals surface area contributed by atoms with Gasteiger partial charge in [-0.05, 0) is 19.4 Å². The van der Waals surface area contributed by atoms with Crippen molar-refractivity contribution < 1.29 is 0 Å². The van der Waals surface area contributed by atoms with Gasteiger partial charge in [0.2, 0.25) is 0 Å². The van der Waals surface area contributed by atoms with Gasteiger partial charge in [0.15, 0.2) is 5.82 Å². The number of hydrogen-bond donors (Lipinski definition) is 1. The summed E-state index contributed by atoms with van der Waals surface area (Å²) in [5.74, 6) is 1.19. The van der Waals surface area contributed by atoms with Crippen LogP contribution in [0.5, 0.6) is 0 Å². The summed E-state index contributed by atoms with van der Waals surface area (Å²) in [4.78, 5) is 8.43. The minimum atomic E-state index is 0.501. The fraction of sp³-hybridized carbons (Fsp3) is 0.300. The highest BCUT2D eigenvalue weighted by atomic mass is 15.3. The Kier molecular flexibility index (Phi) is 2.37. The highest BCUT2D eigenvalue weighted by Crippen LogP contribution is 2.04. The van der Waals surface area contributed by atoms with Crippen LogP contribution in [0.4, 0.5) is 5.82 Å². The van der Waals surface area contributed by atoms with Crippen LogP contribution in [0.2, 0.25) is 0 Å². The molecule has 0 atom stereocenters. The molecule has 0 saturated carbocycles. The van der Waals surface area contributed by atoms with Crippen LogP contribution in [0.15, 0.2) is 18.5 Å². The van der Waals surface area contributed by atoms with Crippen LogP contribution in [0.1, 0.15) is 17.1 Å². The van der Waals surface area contributed by atoms with Crippen LogP contribution in [0.3, 0.4) is 0 Å². The van der Waals surface area contributed by atoms with Crippen molar-refractivity contribution in [2.75, 3.05) is 5.73 Å². The normalized spacial score (nSPS) is 10.5. The number of hydrogen-bond acceptors (Lipinski definition) is 4. The Bertz CT molecular complexity index is 454. The lowest BCUT2D eigenvalue weighted by atomic mass is 10.4. The van der Waals surface area contributed by atoms with Crippen molar-refractivity contribution in [3.8, 4) is 0 Å². The Morgan fingerprint density at radius 2 is 2.13 bits per heavy atom. The molecule has 2 aromatic rings. The molecule has 0 aliphatic rings. The zero-order valence-corrected chi connectivity index (χ0v) is 8.81. The topological polar surface area (TPSA) is 69.6 Å². The maximum absolute atomic E-state index is 5.64. The second-order valence-electron chi connectivity index (χ2n) is 3.57. The van der Waals surface area contributed by atoms with E-state index >= 15 is 0 Å². The number of aromatic nitrogens is 4. The highest BCUT2D eigenvalue weighted by Gasteiger charge is 2.01. The Morgan fingerprint density at radius 1 is 1.33 bits per heavy atom. The zero-order chi connectivity index (χ0) is 10.8. The van der Waals surface area contributed by atoms with Gasteiger partial charge in [0.05, 0.1) is 6.20 Å². The van der Waals surface area contributed by atoms with Gasteiger partial charge >= 0.3 is 0 Å². The van der Waals surface area contributed by atoms with Crippen molar-refractivity contribution >= 4 is 5.82 Å². The largest absolute Gasteiger partial charge is 0.384 e. The van der Waals surface area contributed by atoms with Crippen molar-refractivity contribution in [1.29, 1.82) is 0 Å². The van der Waals surface area contributed by atoms with E-state index in [0.717, 1.165) is 11.3 Å². The lowest BCUT2D eigenvalue weighted by Gasteiger charge is -2.02. The fourth-order valence-electron chi connectivity index (χ4n) is 1.43. The van der Waals surface area contributed by atoms with E-state index < -0.39 is 0 Å². The molecule has 2 rings (SSSR count). The number of rotatable bonds is 2. The molecule has 0 radical (unpaired) electrons. The Labute approximate surface area is 88.0 Å². The minimum absolute atomic E-state index is 0.501. The van der Waals surface area contributed by atoms with Gasteiger partial charge in [0.25, 0.3) is 0 Å². The number of nitrogens with zero attached hydrogens (tertiary/aromatic N) is 4. The first-order chi connectivity index (χ1) is 7.13. The Balaban J connectivity index is 2.24. The molecule has 2 aromatic heterocycles. The van der Waals surface area contributed by atoms with Crippen LogP contribution >= 0.6 is 0 Å². The van der Waals surface area contributed by atoms with E-state index in [1.54, 1.807) is 16.9 Å². The van der Waals surface area contributed by atoms with Crippen molar-refractivity contribution in [3.05, 3.63) is 35.5 Å². The smallest absolute Gasteiger partial charge is 0.152 e. The zero-order valence-electron chi connectivity index (χ0n) is 8.81. The number of nitrogens with two attached hydrogens (primary N) is 1. The molecule has 5 heteroatoms. The van der Waals surface area contributed by atoms with E-state index in [4.69, 9.17) is 5.73 Å². The van der Waals surface area contributed by atoms with Gasteiger partial charge in [-0.1, -0.05) is 0 Å². The summed E-state index contributed by atoms with van der Waals surface area (Å²) in [5, 5.41) is 4.17. The summed E-state index contributed by atoms with van der Waals surface area (Å²) in [6.07, 6.45) is 3.75. The lowest BCUT2D eigenvalue weighted by molar-refractivity contribution is 0.653. The average Bonchev–Trinajstić information content (AvgIpc) is 2.49. The maximum atomic E-state index is 5.64. The molecule has 0 amide bonds. The quantitative estimate of drug-likeness (QED) is 0.788. The van der Waals surface area contributed by atoms with E-state index in [1.807, 2.05) is 20.0 Å². The summed E-state index contributed by atoms with van der Waals surface area (Å²) in [7, 11) is 0. The molecule has 0 aromatic carbocycles. The predicted octanol–water partition coefficient (Wildman–Crippen LogP) is 0.920. The van der Waals surface area contributed by atoms with Crippen molar-refractivity contribution in [2.24, 2.45) is 0 Å². The Hall–Kier alpha value is -1.91. The second-order valence-corrected chi connectivity index (χ2v) is 3.57. The van der Waals surface area contributed by atoms with Gasteiger partial charge in [0, 0.05) is 18.0 Å². The van der Waals surface area contributed by atoms with Crippen LogP contribution in [0, 0.1) is 13.8 Å². The summed E-state index contributed by atoms with van der Waals surface area (Å²) in [6.45, 7) is 4.45. The van der Waals surface area contributed by atoms with Gasteiger partial charge in [0.1, 0.15) is 12.4 Å². The molecule has 5 nitrogen and oxygen atoms in total. The van der Waals surface area contributed by atoms with Gasteiger partial charge in [-0.2, -0.15) is 5.10 Å². The standard InChI is InChI=1S/C10H13N5/c1-7-4-12-15(5-7)6-10-13-8(2)3-9(11)14-10/h3-5H,6H2,1-2H3,(H2,11,13,14). The van der Waals surface area contributed by atoms with E-state index in [-0.39, 0.29) is 0 Å². The molecule has 0 fully saturated rings. The van der Waals surface area contributed by atoms with Crippen LogP contribution in [0.25, 0.3) is 0 Å². The third-order valence-corrected chi connectivity index (χ3v) is 1.99. The minimum Gasteiger partial charge on any atom is -0.384 e. The van der Waals surface area contributed by atoms with E-state index in [0.29, 0.717) is 18.2 Å². The molecular formula is C10H13N5. The predicted molar refractivity (Wildman–Crippen MR) is 57.2 cm³/mol. The SMILES string of the molecule is Cc1cnn(Cc2nc(C)cc(N)n2)c1. The second kappa shape index (κ2) is 3.68. The third kappa shape index (κ3) is 2.31. The molecule has 2 N–H and O–H groups in total. The van der Waals surface area contributed by atoms with Crippen LogP contribution in [-0.2, 0) is 6.54 Å². The highest BCUT2D eigenvalue weighted by molar-refractivity contribution is 5.29. The maximum Gasteiger partial charge on any atom is 0.152 e. The molecule has 0 spiro atoms. The summed E-state index contributed by atoms with van der Waals surface area (Å²) >= 11 is 0. The van der Waals surface area contributed by atoms with Crippen LogP contribution < -0.4 is 5.73 Å². The lowest BCUT2D eigenvalue weighted by Crippen LogP contribution is -2.07. The molecule has 0 aliphatic heterocycles. The molecule has 78 valence electrons. The monoisotopic (exact) mass is 203 g/mol. The number of aryl methyl sites for hydroxylation is 2. The van der Waals surface area contributed by atoms with Gasteiger partial charge in [-0.25, -0.2) is 9.97 Å². The van der Waals surface area contributed by atoms with E-state index in [9.17, 15) is 0 Å². The van der Waals surface area contributed by atoms with Gasteiger partial charge < -0.3 is 5.73 Å². The molecule has 2 heterocycles. The van der Waals surface area contributed by atoms with E-state index in [2.05, 4.69) is 15.1 Å². The van der Waals surface area contributed by atoms with E-state index in [1.165, 1.54) is 0 Å². The molecule has 15 heavy (non-hydrogen) atoms. The van der Waals surface area contributed by atoms with Crippen LogP contribution in [-0.4, -0.2) is 19.7 Å². The van der Waals surface area contributed by atoms with Crippen molar-refractivity contribution in [2.45, 2.75) is 20.4 Å². The molecule has 0 aliphatic carbocycles. The fourth-order valence-corrected chi connectivity index (χ4v) is 1.43. The molecule has 0 saturated heterocycles. The van der Waals surface area contributed by atoms with Crippen molar-refractivity contribution in [1.82, 2.24) is 19.7 Å². The summed E-state index contributed by atoms with van der Waals surface area (Å²) in [6, 6.07) is 1.75. The molecule has 0 unspecified atom stereocenters. The van der Waals surface area contributed by atoms with Crippen molar-refractivity contribution in [3.63, 3.8) is 0 Å². The molecule has 0 bridgehead atoms. The molecular weight excluding hydrogens is 190 g/mol. The summed E-state index contributed by atoms with van der Waals surface area (Å²) < 4.78 is 1.80. The summed E-state index contributed by atoms with van der Waals surface area (Å²) in [5.41, 5.74) is 7.63. The average molecular weight is 203 g/mol. The van der Waals surface area contributed by atoms with Gasteiger partial charge in [-0.15, -0.1) is 0 Å². The first-order valence-electron chi connectivity index (χ1n) is 4.72. The number of nitrogen functional groups attached to an aromatic ring is 1. The third-order valence-electron chi connectivity index (χ3n) is 1.99. The first-order valence-corrected chi connectivity index (χ1v) is 4.72. The number of anilines is 1. The first kappa shape index (κ1) is 9.64. The van der Waals surface area contributed by atoms with Gasteiger partial charge in [-0.3, -0.25) is 4.68 Å². The Morgan fingerprint density at radius 3 is 2.73 bits per heavy atom.